The summed E-state index contributed by atoms with van der Waals surface area (Å²) in [6.45, 7) is 0. The van der Waals surface area contributed by atoms with Crippen LogP contribution in [0.25, 0.3) is 0 Å². The molecule has 0 N–H and O–H groups in total. The molecule has 0 aliphatic heterocycles. The van der Waals surface area contributed by atoms with Gasteiger partial charge in [-0.15, -0.1) is 0 Å². The van der Waals surface area contributed by atoms with E-state index >= 15 is 0 Å². The Kier molecular flexibility index (Phi) is 14.2. The first kappa shape index (κ1) is 47.8. The quantitative estimate of drug-likeness (QED) is 0.0740. The number of benzene rings is 6. The molecule has 0 atom stereocenters. The number of hydrogen-bond acceptors (Lipinski definition) is 13. The molecule has 6 rings (SSSR count). The highest BCUT2D eigenvalue weighted by Crippen LogP contribution is 2.39. The molecule has 62 heavy (non-hydrogen) atoms. The van der Waals surface area contributed by atoms with Crippen LogP contribution in [0.2, 0.25) is 40.2 Å². The fourth-order valence-electron chi connectivity index (χ4n) is 5.11. The van der Waals surface area contributed by atoms with Crippen LogP contribution in [0.4, 0.5) is 0 Å². The zero-order valence-corrected chi connectivity index (χ0v) is 39.2. The summed E-state index contributed by atoms with van der Waals surface area (Å²) in [6.07, 6.45) is 0. The lowest BCUT2D eigenvalue weighted by Crippen LogP contribution is -2.17. The molecule has 0 saturated carbocycles. The van der Waals surface area contributed by atoms with Gasteiger partial charge in [0.25, 0.3) is 0 Å². The van der Waals surface area contributed by atoms with E-state index in [1.807, 2.05) is 0 Å². The number of ketones is 1. The maximum atomic E-state index is 14.5. The van der Waals surface area contributed by atoms with Crippen molar-refractivity contribution in [3.8, 4) is 23.0 Å². The predicted octanol–water partition coefficient (Wildman–Crippen LogP) is 11.2. The second kappa shape index (κ2) is 18.4. The van der Waals surface area contributed by atoms with Crippen molar-refractivity contribution in [1.82, 2.24) is 0 Å². The Morgan fingerprint density at radius 3 is 0.871 bits per heavy atom. The lowest BCUT2D eigenvalue weighted by atomic mass is 10.0. The number of rotatable bonds is 14. The standard InChI is InChI=1S/C37H18Cl8O13S4/c38-19-1-9-27(42)33(13-19)59(47,48)55-23-5-7-25(31(17-23)57-61(51,52)35-15-21(40)3-11-29(35)44)37(46)26-8-6-24(56-60(49,50)34-14-20(39)2-10-28(34)43)18-32(26)58-62(53,54)36-16-22(41)4-12-30(36)45/h1-18H. The van der Waals surface area contributed by atoms with Gasteiger partial charge in [-0.05, 0) is 97.1 Å². The highest BCUT2D eigenvalue weighted by atomic mass is 35.5. The van der Waals surface area contributed by atoms with Crippen LogP contribution < -0.4 is 16.7 Å². The molecule has 0 radical (unpaired) electrons. The predicted molar refractivity (Wildman–Crippen MR) is 233 cm³/mol. The van der Waals surface area contributed by atoms with E-state index in [-0.39, 0.29) is 40.2 Å². The first-order valence-electron chi connectivity index (χ1n) is 16.3. The van der Waals surface area contributed by atoms with Crippen LogP contribution in [0, 0.1) is 0 Å². The Morgan fingerprint density at radius 1 is 0.339 bits per heavy atom. The number of carbonyl (C=O) groups excluding carboxylic acids is 1. The molecule has 0 saturated heterocycles. The topological polar surface area (TPSA) is 191 Å². The summed E-state index contributed by atoms with van der Waals surface area (Å²) in [6, 6.07) is 18.5. The molecule has 25 heteroatoms. The summed E-state index contributed by atoms with van der Waals surface area (Å²) >= 11 is 48.5. The molecule has 0 spiro atoms. The van der Waals surface area contributed by atoms with E-state index in [9.17, 15) is 38.5 Å². The molecule has 0 aliphatic rings. The Balaban J connectivity index is 1.51. The molecule has 6 aromatic carbocycles. The van der Waals surface area contributed by atoms with E-state index in [1.54, 1.807) is 0 Å². The Bertz CT molecular complexity index is 3060. The van der Waals surface area contributed by atoms with Gasteiger partial charge < -0.3 is 16.7 Å². The van der Waals surface area contributed by atoms with Gasteiger partial charge in [-0.1, -0.05) is 92.8 Å². The lowest BCUT2D eigenvalue weighted by molar-refractivity contribution is 0.103. The Labute approximate surface area is 393 Å². The smallest absolute Gasteiger partial charge is 0.340 e. The summed E-state index contributed by atoms with van der Waals surface area (Å²) in [7, 11) is -19.7. The molecule has 0 heterocycles. The third-order valence-electron chi connectivity index (χ3n) is 7.86. The molecule has 0 aromatic heterocycles. The number of halogens is 8. The maximum Gasteiger partial charge on any atom is 0.340 e. The molecule has 0 aliphatic carbocycles. The fourth-order valence-corrected chi connectivity index (χ4v) is 11.8. The van der Waals surface area contributed by atoms with Gasteiger partial charge in [0.15, 0.2) is 11.5 Å². The molecular formula is C37H18Cl8O13S4. The Morgan fingerprint density at radius 2 is 0.597 bits per heavy atom. The minimum atomic E-state index is -5.05. The van der Waals surface area contributed by atoms with Crippen LogP contribution in [0.3, 0.4) is 0 Å². The van der Waals surface area contributed by atoms with E-state index in [0.717, 1.165) is 60.7 Å². The monoisotopic (exact) mass is 1080 g/mol. The summed E-state index contributed by atoms with van der Waals surface area (Å²) in [5.74, 6) is -4.37. The largest absolute Gasteiger partial charge is 0.379 e. The van der Waals surface area contributed by atoms with Crippen LogP contribution in [-0.2, 0) is 40.5 Å². The van der Waals surface area contributed by atoms with Gasteiger partial charge >= 0.3 is 40.5 Å². The van der Waals surface area contributed by atoms with Crippen molar-refractivity contribution in [3.63, 3.8) is 0 Å². The van der Waals surface area contributed by atoms with Crippen LogP contribution in [0.5, 0.6) is 23.0 Å². The van der Waals surface area contributed by atoms with Gasteiger partial charge in [-0.2, -0.15) is 33.7 Å². The van der Waals surface area contributed by atoms with E-state index in [2.05, 4.69) is 0 Å². The molecule has 0 fully saturated rings. The van der Waals surface area contributed by atoms with E-state index in [4.69, 9.17) is 110 Å². The highest BCUT2D eigenvalue weighted by Gasteiger charge is 2.31. The van der Waals surface area contributed by atoms with Crippen molar-refractivity contribution >= 4 is 139 Å². The van der Waals surface area contributed by atoms with Crippen molar-refractivity contribution in [3.05, 3.63) is 161 Å². The van der Waals surface area contributed by atoms with Crippen LogP contribution >= 0.6 is 92.8 Å². The first-order chi connectivity index (χ1) is 28.9. The second-order valence-electron chi connectivity index (χ2n) is 12.1. The maximum absolute atomic E-state index is 14.5. The van der Waals surface area contributed by atoms with Crippen molar-refractivity contribution in [2.24, 2.45) is 0 Å². The average molecular weight is 1080 g/mol. The second-order valence-corrected chi connectivity index (χ2v) is 21.5. The molecule has 324 valence electrons. The highest BCUT2D eigenvalue weighted by molar-refractivity contribution is 7.88. The number of hydrogen-bond donors (Lipinski definition) is 0. The summed E-state index contributed by atoms with van der Waals surface area (Å²) in [5, 5.41) is -1.62. The van der Waals surface area contributed by atoms with Crippen molar-refractivity contribution in [1.29, 1.82) is 0 Å². The molecular weight excluding hydrogens is 1060 g/mol. The van der Waals surface area contributed by atoms with Gasteiger partial charge in [-0.25, -0.2) is 0 Å². The summed E-state index contributed by atoms with van der Waals surface area (Å²) in [5.41, 5.74) is -1.40. The first-order valence-corrected chi connectivity index (χ1v) is 24.9. The van der Waals surface area contributed by atoms with Gasteiger partial charge in [0, 0.05) is 32.2 Å². The Hall–Kier alpha value is -3.69. The van der Waals surface area contributed by atoms with Gasteiger partial charge in [0.05, 0.1) is 31.2 Å². The van der Waals surface area contributed by atoms with Crippen LogP contribution in [0.1, 0.15) is 15.9 Å². The normalized spacial score (nSPS) is 12.1. The van der Waals surface area contributed by atoms with Crippen molar-refractivity contribution < 1.29 is 55.2 Å². The zero-order chi connectivity index (χ0) is 45.5. The van der Waals surface area contributed by atoms with Gasteiger partial charge in [0.1, 0.15) is 31.1 Å². The van der Waals surface area contributed by atoms with E-state index in [0.29, 0.717) is 12.1 Å². The van der Waals surface area contributed by atoms with E-state index in [1.165, 1.54) is 36.4 Å². The van der Waals surface area contributed by atoms with Gasteiger partial charge in [-0.3, -0.25) is 4.79 Å². The third kappa shape index (κ3) is 10.8. The van der Waals surface area contributed by atoms with Crippen LogP contribution in [0.15, 0.2) is 129 Å². The zero-order valence-electron chi connectivity index (χ0n) is 29.9. The fraction of sp³-hybridized carbons (Fsp3) is 0. The molecule has 6 aromatic rings. The van der Waals surface area contributed by atoms with E-state index < -0.39 is 100.0 Å². The SMILES string of the molecule is O=C(c1ccc(OS(=O)(=O)c2cc(Cl)ccc2Cl)cc1OS(=O)(=O)c1cc(Cl)ccc1Cl)c1ccc(OS(=O)(=O)c2cc(Cl)ccc2Cl)cc1OS(=O)(=O)c1cc(Cl)ccc1Cl. The van der Waals surface area contributed by atoms with Gasteiger partial charge in [0.2, 0.25) is 5.78 Å². The summed E-state index contributed by atoms with van der Waals surface area (Å²) < 4.78 is 129. The third-order valence-corrected chi connectivity index (χ3v) is 15.7. The van der Waals surface area contributed by atoms with Crippen molar-refractivity contribution in [2.75, 3.05) is 0 Å². The molecule has 0 bridgehead atoms. The molecule has 0 unspecified atom stereocenters. The number of carbonyl (C=O) groups is 1. The average Bonchev–Trinajstić information content (AvgIpc) is 3.17. The van der Waals surface area contributed by atoms with Crippen molar-refractivity contribution in [2.45, 2.75) is 19.6 Å². The minimum absolute atomic E-state index is 0.0361. The minimum Gasteiger partial charge on any atom is -0.379 e. The summed E-state index contributed by atoms with van der Waals surface area (Å²) in [4.78, 5) is 12.0. The van der Waals surface area contributed by atoms with Crippen LogP contribution in [-0.4, -0.2) is 39.5 Å². The lowest BCUT2D eigenvalue weighted by Gasteiger charge is -2.17. The molecule has 0 amide bonds. The molecule has 13 nitrogen and oxygen atoms in total.